The lowest BCUT2D eigenvalue weighted by molar-refractivity contribution is -0.156. The first-order valence-corrected chi connectivity index (χ1v) is 8.14. The highest BCUT2D eigenvalue weighted by molar-refractivity contribution is 5.97. The molecule has 0 heterocycles. The Morgan fingerprint density at radius 2 is 1.85 bits per heavy atom. The van der Waals surface area contributed by atoms with Gasteiger partial charge in [-0.25, -0.2) is 9.59 Å². The molecule has 27 heavy (non-hydrogen) atoms. The first-order valence-electron chi connectivity index (χ1n) is 8.14. The minimum Gasteiger partial charge on any atom is -0.493 e. The maximum absolute atomic E-state index is 11.9. The summed E-state index contributed by atoms with van der Waals surface area (Å²) in [5, 5.41) is 4.64. The van der Waals surface area contributed by atoms with E-state index in [1.54, 1.807) is 20.8 Å². The Labute approximate surface area is 157 Å². The normalized spacial score (nSPS) is 11.7. The van der Waals surface area contributed by atoms with Crippen molar-refractivity contribution in [1.29, 1.82) is 0 Å². The average molecular weight is 380 g/mol. The van der Waals surface area contributed by atoms with Crippen LogP contribution in [-0.2, 0) is 14.3 Å². The van der Waals surface area contributed by atoms with E-state index in [0.29, 0.717) is 11.8 Å². The van der Waals surface area contributed by atoms with Crippen molar-refractivity contribution in [3.05, 3.63) is 23.8 Å². The number of rotatable bonds is 7. The molecule has 0 aliphatic heterocycles. The van der Waals surface area contributed by atoms with Gasteiger partial charge in [0.15, 0.2) is 24.2 Å². The summed E-state index contributed by atoms with van der Waals surface area (Å²) in [5.74, 6) is -1.06. The summed E-state index contributed by atoms with van der Waals surface area (Å²) < 4.78 is 15.3. The molecule has 0 aromatic heterocycles. The third-order valence-corrected chi connectivity index (χ3v) is 3.07. The highest BCUT2D eigenvalue weighted by atomic mass is 16.6. The third kappa shape index (κ3) is 7.76. The second-order valence-corrected chi connectivity index (χ2v) is 6.64. The largest absolute Gasteiger partial charge is 0.493 e. The lowest BCUT2D eigenvalue weighted by atomic mass is 10.1. The van der Waals surface area contributed by atoms with Crippen molar-refractivity contribution in [3.8, 4) is 11.5 Å². The zero-order valence-corrected chi connectivity index (χ0v) is 16.0. The first-order chi connectivity index (χ1) is 12.6. The van der Waals surface area contributed by atoms with Crippen LogP contribution >= 0.6 is 0 Å². The molecule has 1 atom stereocenters. The van der Waals surface area contributed by atoms with Gasteiger partial charge in [-0.15, -0.1) is 0 Å². The molecular formula is C18H24N2O7. The average Bonchev–Trinajstić information content (AvgIpc) is 2.57. The van der Waals surface area contributed by atoms with Gasteiger partial charge in [0.25, 0.3) is 5.91 Å². The second kappa shape index (κ2) is 9.56. The third-order valence-electron chi connectivity index (χ3n) is 3.07. The Balaban J connectivity index is 2.53. The van der Waals surface area contributed by atoms with Crippen molar-refractivity contribution < 1.29 is 33.4 Å². The van der Waals surface area contributed by atoms with Crippen LogP contribution < -0.4 is 20.1 Å². The summed E-state index contributed by atoms with van der Waals surface area (Å²) >= 11 is 0. The minimum absolute atomic E-state index is 0.238. The van der Waals surface area contributed by atoms with E-state index in [1.807, 2.05) is 0 Å². The van der Waals surface area contributed by atoms with Crippen LogP contribution in [0.4, 0.5) is 4.79 Å². The fourth-order valence-corrected chi connectivity index (χ4v) is 1.88. The van der Waals surface area contributed by atoms with Crippen molar-refractivity contribution in [3.63, 3.8) is 0 Å². The molecule has 2 N–H and O–H groups in total. The van der Waals surface area contributed by atoms with E-state index in [0.717, 1.165) is 0 Å². The second-order valence-electron chi connectivity index (χ2n) is 6.64. The van der Waals surface area contributed by atoms with Crippen LogP contribution in [-0.4, -0.2) is 49.6 Å². The fourth-order valence-electron chi connectivity index (χ4n) is 1.88. The zero-order chi connectivity index (χ0) is 20.6. The predicted molar refractivity (Wildman–Crippen MR) is 95.9 cm³/mol. The van der Waals surface area contributed by atoms with E-state index in [4.69, 9.17) is 14.2 Å². The van der Waals surface area contributed by atoms with Gasteiger partial charge in [-0.3, -0.25) is 14.9 Å². The lowest BCUT2D eigenvalue weighted by Crippen LogP contribution is -2.50. The number of ether oxygens (including phenoxy) is 3. The molecule has 1 aromatic carbocycles. The van der Waals surface area contributed by atoms with Gasteiger partial charge < -0.3 is 19.5 Å². The maximum Gasteiger partial charge on any atom is 0.344 e. The van der Waals surface area contributed by atoms with Crippen LogP contribution in [0.3, 0.4) is 0 Å². The molecule has 3 amide bonds. The molecule has 148 valence electrons. The number of esters is 1. The number of carbonyl (C=O) groups is 4. The number of carbonyl (C=O) groups excluding carboxylic acids is 4. The molecule has 0 saturated heterocycles. The molecule has 9 heteroatoms. The molecule has 0 aliphatic rings. The smallest absolute Gasteiger partial charge is 0.344 e. The predicted octanol–water partition coefficient (Wildman–Crippen LogP) is 1.44. The SMILES string of the molecule is COc1cc(C=O)ccc1OCC(=O)O[C@H](C)C(=O)NC(=O)NC(C)(C)C. The zero-order valence-electron chi connectivity index (χ0n) is 16.0. The molecule has 0 aliphatic carbocycles. The van der Waals surface area contributed by atoms with Gasteiger partial charge in [-0.1, -0.05) is 0 Å². The fraction of sp³-hybridized carbons (Fsp3) is 0.444. The molecule has 1 rings (SSSR count). The Morgan fingerprint density at radius 3 is 2.41 bits per heavy atom. The number of methoxy groups -OCH3 is 1. The van der Waals surface area contributed by atoms with Gasteiger partial charge in [0.1, 0.15) is 6.29 Å². The number of benzene rings is 1. The summed E-state index contributed by atoms with van der Waals surface area (Å²) in [4.78, 5) is 46.1. The Morgan fingerprint density at radius 1 is 1.19 bits per heavy atom. The van der Waals surface area contributed by atoms with Crippen LogP contribution in [0.5, 0.6) is 11.5 Å². The lowest BCUT2D eigenvalue weighted by Gasteiger charge is -2.21. The van der Waals surface area contributed by atoms with Crippen LogP contribution in [0.15, 0.2) is 18.2 Å². The van der Waals surface area contributed by atoms with Crippen molar-refractivity contribution in [2.45, 2.75) is 39.3 Å². The van der Waals surface area contributed by atoms with Gasteiger partial charge in [-0.05, 0) is 45.9 Å². The van der Waals surface area contributed by atoms with Crippen molar-refractivity contribution in [1.82, 2.24) is 10.6 Å². The van der Waals surface area contributed by atoms with Crippen molar-refractivity contribution in [2.75, 3.05) is 13.7 Å². The van der Waals surface area contributed by atoms with Crippen LogP contribution in [0.2, 0.25) is 0 Å². The standard InChI is InChI=1S/C18H24N2O7/c1-11(16(23)19-17(24)20-18(2,3)4)27-15(22)10-26-13-7-6-12(9-21)8-14(13)25-5/h6-9,11H,10H2,1-5H3,(H2,19,20,23,24)/t11-/m1/s1. The van der Waals surface area contributed by atoms with Crippen LogP contribution in [0.25, 0.3) is 0 Å². The molecular weight excluding hydrogens is 356 g/mol. The molecule has 1 aromatic rings. The minimum atomic E-state index is -1.19. The number of imide groups is 1. The van der Waals surface area contributed by atoms with Gasteiger partial charge in [0.2, 0.25) is 0 Å². The summed E-state index contributed by atoms with van der Waals surface area (Å²) in [6.07, 6.45) is -0.539. The van der Waals surface area contributed by atoms with E-state index >= 15 is 0 Å². The molecule has 0 fully saturated rings. The number of nitrogens with one attached hydrogen (secondary N) is 2. The highest BCUT2D eigenvalue weighted by Gasteiger charge is 2.22. The van der Waals surface area contributed by atoms with E-state index in [1.165, 1.54) is 32.2 Å². The molecule has 0 bridgehead atoms. The summed E-state index contributed by atoms with van der Waals surface area (Å²) in [5.41, 5.74) is -0.128. The maximum atomic E-state index is 11.9. The molecule has 0 radical (unpaired) electrons. The number of hydrogen-bond donors (Lipinski definition) is 2. The summed E-state index contributed by atoms with van der Waals surface area (Å²) in [6, 6.07) is 3.74. The van der Waals surface area contributed by atoms with E-state index in [-0.39, 0.29) is 11.5 Å². The first kappa shape index (κ1) is 21.9. The van der Waals surface area contributed by atoms with E-state index in [2.05, 4.69) is 10.6 Å². The summed E-state index contributed by atoms with van der Waals surface area (Å²) in [7, 11) is 1.39. The topological polar surface area (TPSA) is 120 Å². The Kier molecular flexibility index (Phi) is 7.77. The monoisotopic (exact) mass is 380 g/mol. The number of urea groups is 1. The quantitative estimate of drug-likeness (QED) is 0.542. The molecule has 0 saturated carbocycles. The van der Waals surface area contributed by atoms with Gasteiger partial charge >= 0.3 is 12.0 Å². The van der Waals surface area contributed by atoms with Gasteiger partial charge in [0, 0.05) is 11.1 Å². The highest BCUT2D eigenvalue weighted by Crippen LogP contribution is 2.27. The molecule has 9 nitrogen and oxygen atoms in total. The van der Waals surface area contributed by atoms with Crippen molar-refractivity contribution in [2.24, 2.45) is 0 Å². The van der Waals surface area contributed by atoms with Crippen LogP contribution in [0.1, 0.15) is 38.1 Å². The summed E-state index contributed by atoms with van der Waals surface area (Å²) in [6.45, 7) is 6.12. The van der Waals surface area contributed by atoms with Gasteiger partial charge in [-0.2, -0.15) is 0 Å². The molecule has 0 unspecified atom stereocenters. The Bertz CT molecular complexity index is 710. The Hall–Kier alpha value is -3.10. The molecule has 0 spiro atoms. The van der Waals surface area contributed by atoms with E-state index in [9.17, 15) is 19.2 Å². The van der Waals surface area contributed by atoms with Crippen LogP contribution in [0, 0.1) is 0 Å². The van der Waals surface area contributed by atoms with Gasteiger partial charge in [0.05, 0.1) is 7.11 Å². The van der Waals surface area contributed by atoms with E-state index < -0.39 is 36.2 Å². The number of amides is 3. The number of aldehydes is 1. The number of hydrogen-bond acceptors (Lipinski definition) is 7. The van der Waals surface area contributed by atoms with Crippen molar-refractivity contribution >= 4 is 24.2 Å².